The maximum Gasteiger partial charge on any atom is 0.241 e. The van der Waals surface area contributed by atoms with Crippen LogP contribution in [-0.2, 0) is 0 Å². The Morgan fingerprint density at radius 1 is 1.19 bits per heavy atom. The number of rotatable bonds is 3. The summed E-state index contributed by atoms with van der Waals surface area (Å²) in [7, 11) is 1.82. The van der Waals surface area contributed by atoms with Gasteiger partial charge in [0.25, 0.3) is 0 Å². The quantitative estimate of drug-likeness (QED) is 0.927. The number of nitrogens with one attached hydrogen (secondary N) is 1. The number of anilines is 2. The van der Waals surface area contributed by atoms with Crippen molar-refractivity contribution in [3.63, 3.8) is 0 Å². The van der Waals surface area contributed by atoms with Gasteiger partial charge >= 0.3 is 0 Å². The second-order valence-corrected chi connectivity index (χ2v) is 6.17. The highest BCUT2D eigenvalue weighted by atomic mass is 15.3. The molecule has 0 radical (unpaired) electrons. The lowest BCUT2D eigenvalue weighted by molar-refractivity contribution is 0.291. The summed E-state index contributed by atoms with van der Waals surface area (Å²) < 4.78 is 1.79. The predicted molar refractivity (Wildman–Crippen MR) is 81.7 cm³/mol. The molecule has 2 aromatic rings. The van der Waals surface area contributed by atoms with Gasteiger partial charge in [-0.05, 0) is 18.3 Å². The molecule has 2 aromatic heterocycles. The number of aromatic nitrogens is 5. The molecule has 1 N–H and O–H groups in total. The van der Waals surface area contributed by atoms with Gasteiger partial charge in [-0.15, -0.1) is 0 Å². The van der Waals surface area contributed by atoms with Crippen LogP contribution in [0.15, 0.2) is 18.7 Å². The van der Waals surface area contributed by atoms with Gasteiger partial charge in [0.1, 0.15) is 6.33 Å². The summed E-state index contributed by atoms with van der Waals surface area (Å²) in [6, 6.07) is 0. The van der Waals surface area contributed by atoms with Crippen LogP contribution in [0.25, 0.3) is 5.95 Å². The molecule has 1 aliphatic heterocycles. The Morgan fingerprint density at radius 3 is 2.67 bits per heavy atom. The van der Waals surface area contributed by atoms with E-state index in [1.807, 2.05) is 13.2 Å². The van der Waals surface area contributed by atoms with Crippen molar-refractivity contribution >= 4 is 11.9 Å². The molecule has 3 heterocycles. The number of nitrogens with zero attached hydrogens (tertiary/aromatic N) is 6. The highest BCUT2D eigenvalue weighted by Gasteiger charge is 2.28. The van der Waals surface area contributed by atoms with E-state index in [9.17, 15) is 0 Å². The summed E-state index contributed by atoms with van der Waals surface area (Å²) in [4.78, 5) is 19.8. The summed E-state index contributed by atoms with van der Waals surface area (Å²) in [6.45, 7) is 6.52. The summed E-state index contributed by atoms with van der Waals surface area (Å²) >= 11 is 0. The molecule has 0 spiro atoms. The molecule has 0 amide bonds. The fraction of sp³-hybridized carbons (Fsp3) is 0.571. The molecule has 0 aromatic carbocycles. The molecule has 1 fully saturated rings. The second-order valence-electron chi connectivity index (χ2n) is 6.17. The number of hydrogen-bond acceptors (Lipinski definition) is 6. The molecule has 0 unspecified atom stereocenters. The van der Waals surface area contributed by atoms with E-state index in [2.05, 4.69) is 44.0 Å². The van der Waals surface area contributed by atoms with Crippen LogP contribution in [0.1, 0.15) is 26.7 Å². The van der Waals surface area contributed by atoms with Crippen molar-refractivity contribution in [3.05, 3.63) is 18.7 Å². The van der Waals surface area contributed by atoms with E-state index in [1.54, 1.807) is 17.1 Å². The van der Waals surface area contributed by atoms with Crippen LogP contribution in [0.4, 0.5) is 11.9 Å². The first-order valence-corrected chi connectivity index (χ1v) is 7.24. The Labute approximate surface area is 124 Å². The molecule has 0 saturated carbocycles. The van der Waals surface area contributed by atoms with Crippen LogP contribution in [0.5, 0.6) is 0 Å². The second kappa shape index (κ2) is 5.31. The lowest BCUT2D eigenvalue weighted by atomic mass is 9.84. The third-order valence-corrected chi connectivity index (χ3v) is 3.75. The van der Waals surface area contributed by atoms with E-state index in [0.29, 0.717) is 17.3 Å². The molecule has 0 atom stereocenters. The van der Waals surface area contributed by atoms with Crippen LogP contribution < -0.4 is 10.2 Å². The van der Waals surface area contributed by atoms with Crippen molar-refractivity contribution in [2.24, 2.45) is 5.41 Å². The van der Waals surface area contributed by atoms with Crippen LogP contribution >= 0.6 is 0 Å². The van der Waals surface area contributed by atoms with Gasteiger partial charge in [0.2, 0.25) is 17.8 Å². The van der Waals surface area contributed by atoms with Gasteiger partial charge in [-0.2, -0.15) is 15.0 Å². The molecule has 1 aliphatic rings. The zero-order valence-corrected chi connectivity index (χ0v) is 12.7. The Balaban J connectivity index is 1.96. The average molecular weight is 287 g/mol. The molecular formula is C14H21N7. The monoisotopic (exact) mass is 287 g/mol. The van der Waals surface area contributed by atoms with Gasteiger partial charge < -0.3 is 10.2 Å². The number of hydrogen-bond donors (Lipinski definition) is 1. The third-order valence-electron chi connectivity index (χ3n) is 3.75. The SMILES string of the molecule is CNc1nc(N2CCCC(C)(C)C2)nc(-n2ccnc2)n1. The summed E-state index contributed by atoms with van der Waals surface area (Å²) in [6.07, 6.45) is 7.64. The maximum absolute atomic E-state index is 4.60. The fourth-order valence-corrected chi connectivity index (χ4v) is 2.69. The Bertz CT molecular complexity index is 606. The van der Waals surface area contributed by atoms with Crippen molar-refractivity contribution in [1.82, 2.24) is 24.5 Å². The van der Waals surface area contributed by atoms with E-state index < -0.39 is 0 Å². The van der Waals surface area contributed by atoms with Gasteiger partial charge in [-0.1, -0.05) is 13.8 Å². The standard InChI is InChI=1S/C14H21N7/c1-14(2)5-4-7-20(9-14)12-17-11(15-3)18-13(19-12)21-8-6-16-10-21/h6,8,10H,4-5,7,9H2,1-3H3,(H,15,17,18,19). The van der Waals surface area contributed by atoms with Gasteiger partial charge in [0.15, 0.2) is 0 Å². The highest BCUT2D eigenvalue weighted by molar-refractivity contribution is 5.40. The first kappa shape index (κ1) is 13.8. The molecule has 112 valence electrons. The zero-order valence-electron chi connectivity index (χ0n) is 12.7. The molecule has 7 nitrogen and oxygen atoms in total. The largest absolute Gasteiger partial charge is 0.357 e. The molecule has 7 heteroatoms. The normalized spacial score (nSPS) is 17.8. The summed E-state index contributed by atoms with van der Waals surface area (Å²) in [5.74, 6) is 1.89. The molecule has 21 heavy (non-hydrogen) atoms. The van der Waals surface area contributed by atoms with Crippen molar-refractivity contribution in [1.29, 1.82) is 0 Å². The number of piperidine rings is 1. The van der Waals surface area contributed by atoms with Crippen molar-refractivity contribution in [2.45, 2.75) is 26.7 Å². The van der Waals surface area contributed by atoms with E-state index in [0.717, 1.165) is 25.5 Å². The lowest BCUT2D eigenvalue weighted by Crippen LogP contribution is -2.41. The average Bonchev–Trinajstić information content (AvgIpc) is 3.00. The predicted octanol–water partition coefficient (Wildman–Crippen LogP) is 1.73. The Hall–Kier alpha value is -2.18. The van der Waals surface area contributed by atoms with E-state index in [-0.39, 0.29) is 0 Å². The fourth-order valence-electron chi connectivity index (χ4n) is 2.69. The van der Waals surface area contributed by atoms with E-state index in [1.165, 1.54) is 6.42 Å². The minimum Gasteiger partial charge on any atom is -0.357 e. The Morgan fingerprint density at radius 2 is 2.00 bits per heavy atom. The van der Waals surface area contributed by atoms with E-state index in [4.69, 9.17) is 0 Å². The molecular weight excluding hydrogens is 266 g/mol. The summed E-state index contributed by atoms with van der Waals surface area (Å²) in [5.41, 5.74) is 0.292. The minimum atomic E-state index is 0.292. The van der Waals surface area contributed by atoms with Crippen molar-refractivity contribution in [3.8, 4) is 5.95 Å². The smallest absolute Gasteiger partial charge is 0.241 e. The van der Waals surface area contributed by atoms with Gasteiger partial charge in [0, 0.05) is 32.5 Å². The van der Waals surface area contributed by atoms with Crippen molar-refractivity contribution in [2.75, 3.05) is 30.4 Å². The first-order valence-electron chi connectivity index (χ1n) is 7.24. The molecule has 3 rings (SSSR count). The number of imidazole rings is 1. The van der Waals surface area contributed by atoms with Crippen LogP contribution in [-0.4, -0.2) is 44.6 Å². The van der Waals surface area contributed by atoms with E-state index >= 15 is 0 Å². The van der Waals surface area contributed by atoms with Crippen LogP contribution in [0.3, 0.4) is 0 Å². The molecule has 0 aliphatic carbocycles. The van der Waals surface area contributed by atoms with Gasteiger partial charge in [0.05, 0.1) is 0 Å². The maximum atomic E-state index is 4.60. The zero-order chi connectivity index (χ0) is 14.9. The highest BCUT2D eigenvalue weighted by Crippen LogP contribution is 2.30. The summed E-state index contributed by atoms with van der Waals surface area (Å²) in [5, 5.41) is 3.01. The topological polar surface area (TPSA) is 71.8 Å². The first-order chi connectivity index (χ1) is 10.1. The molecule has 1 saturated heterocycles. The third kappa shape index (κ3) is 2.96. The van der Waals surface area contributed by atoms with Crippen LogP contribution in [0, 0.1) is 5.41 Å². The van der Waals surface area contributed by atoms with Crippen LogP contribution in [0.2, 0.25) is 0 Å². The van der Waals surface area contributed by atoms with Gasteiger partial charge in [-0.3, -0.25) is 4.57 Å². The molecule has 0 bridgehead atoms. The lowest BCUT2D eigenvalue weighted by Gasteiger charge is -2.38. The van der Waals surface area contributed by atoms with Crippen molar-refractivity contribution < 1.29 is 0 Å². The Kier molecular flexibility index (Phi) is 3.48. The van der Waals surface area contributed by atoms with Gasteiger partial charge in [-0.25, -0.2) is 4.98 Å². The minimum absolute atomic E-state index is 0.292.